The predicted octanol–water partition coefficient (Wildman–Crippen LogP) is 1.98. The molecule has 0 aromatic carbocycles. The molecule has 0 spiro atoms. The van der Waals surface area contributed by atoms with Crippen molar-refractivity contribution >= 4 is 0 Å². The summed E-state index contributed by atoms with van der Waals surface area (Å²) in [6.07, 6.45) is 0. The van der Waals surface area contributed by atoms with Gasteiger partial charge in [-0.05, 0) is 12.3 Å². The second kappa shape index (κ2) is 3.91. The summed E-state index contributed by atoms with van der Waals surface area (Å²) in [6.45, 7) is 8.70. The highest BCUT2D eigenvalue weighted by Gasteiger charge is 2.18. The molecule has 62 valence electrons. The van der Waals surface area contributed by atoms with Crippen LogP contribution in [0, 0.1) is 5.41 Å². The molecule has 1 nitrogen and oxygen atoms in total. The van der Waals surface area contributed by atoms with Crippen molar-refractivity contribution in [1.29, 1.82) is 0 Å². The first kappa shape index (κ1) is 9.89. The van der Waals surface area contributed by atoms with Crippen LogP contribution < -0.4 is 5.32 Å². The third-order valence-corrected chi connectivity index (χ3v) is 1.84. The highest BCUT2D eigenvalue weighted by Crippen LogP contribution is 2.17. The molecule has 0 amide bonds. The van der Waals surface area contributed by atoms with Crippen LogP contribution in [-0.2, 0) is 0 Å². The fourth-order valence-corrected chi connectivity index (χ4v) is 0.577. The van der Waals surface area contributed by atoms with Crippen molar-refractivity contribution in [2.75, 3.05) is 13.2 Å². The molecule has 1 atom stereocenters. The van der Waals surface area contributed by atoms with E-state index in [4.69, 9.17) is 0 Å². The standard InChI is InChI=1S/C8H18FN/c1-7(8(2,3)4)10-6-5-9/h7,10H,5-6H2,1-4H3. The Morgan fingerprint density at radius 1 is 1.40 bits per heavy atom. The zero-order valence-corrected chi connectivity index (χ0v) is 7.37. The molecule has 0 fully saturated rings. The summed E-state index contributed by atoms with van der Waals surface area (Å²) in [5.74, 6) is 0. The van der Waals surface area contributed by atoms with Crippen molar-refractivity contribution < 1.29 is 4.39 Å². The van der Waals surface area contributed by atoms with Crippen LogP contribution in [0.25, 0.3) is 0 Å². The Morgan fingerprint density at radius 2 is 1.90 bits per heavy atom. The Labute approximate surface area is 63.0 Å². The van der Waals surface area contributed by atoms with Crippen molar-refractivity contribution in [3.63, 3.8) is 0 Å². The topological polar surface area (TPSA) is 12.0 Å². The maximum Gasteiger partial charge on any atom is 0.102 e. The molecule has 0 radical (unpaired) electrons. The van der Waals surface area contributed by atoms with E-state index in [0.717, 1.165) is 0 Å². The Balaban J connectivity index is 3.52. The highest BCUT2D eigenvalue weighted by molar-refractivity contribution is 4.75. The fraction of sp³-hybridized carbons (Fsp3) is 1.00. The monoisotopic (exact) mass is 147 g/mol. The van der Waals surface area contributed by atoms with E-state index in [1.54, 1.807) is 0 Å². The van der Waals surface area contributed by atoms with Gasteiger partial charge >= 0.3 is 0 Å². The van der Waals surface area contributed by atoms with Gasteiger partial charge in [0.1, 0.15) is 6.67 Å². The van der Waals surface area contributed by atoms with Crippen LogP contribution in [0.15, 0.2) is 0 Å². The minimum absolute atomic E-state index is 0.231. The Hall–Kier alpha value is -0.110. The molecule has 0 heterocycles. The molecule has 2 heteroatoms. The molecule has 0 bridgehead atoms. The van der Waals surface area contributed by atoms with Crippen molar-refractivity contribution in [3.05, 3.63) is 0 Å². The Bertz CT molecular complexity index is 85.7. The van der Waals surface area contributed by atoms with E-state index < -0.39 is 0 Å². The van der Waals surface area contributed by atoms with Crippen LogP contribution in [0.4, 0.5) is 4.39 Å². The summed E-state index contributed by atoms with van der Waals surface area (Å²) >= 11 is 0. The summed E-state index contributed by atoms with van der Waals surface area (Å²) in [7, 11) is 0. The molecule has 0 saturated heterocycles. The molecule has 0 aromatic heterocycles. The van der Waals surface area contributed by atoms with Crippen molar-refractivity contribution in [2.24, 2.45) is 5.41 Å². The first-order chi connectivity index (χ1) is 4.48. The third kappa shape index (κ3) is 3.83. The van der Waals surface area contributed by atoms with Crippen LogP contribution >= 0.6 is 0 Å². The van der Waals surface area contributed by atoms with E-state index in [-0.39, 0.29) is 12.1 Å². The molecular formula is C8H18FN. The third-order valence-electron chi connectivity index (χ3n) is 1.84. The zero-order valence-electron chi connectivity index (χ0n) is 7.37. The van der Waals surface area contributed by atoms with E-state index in [0.29, 0.717) is 12.6 Å². The Kier molecular flexibility index (Phi) is 3.87. The van der Waals surface area contributed by atoms with E-state index in [1.165, 1.54) is 0 Å². The highest BCUT2D eigenvalue weighted by atomic mass is 19.1. The van der Waals surface area contributed by atoms with Gasteiger partial charge in [-0.15, -0.1) is 0 Å². The Morgan fingerprint density at radius 3 is 2.20 bits per heavy atom. The van der Waals surface area contributed by atoms with Gasteiger partial charge in [0.25, 0.3) is 0 Å². The number of nitrogens with one attached hydrogen (secondary N) is 1. The summed E-state index contributed by atoms with van der Waals surface area (Å²) in [4.78, 5) is 0. The number of rotatable bonds is 3. The quantitative estimate of drug-likeness (QED) is 0.643. The molecular weight excluding hydrogens is 129 g/mol. The SMILES string of the molecule is CC(NCCF)C(C)(C)C. The first-order valence-corrected chi connectivity index (χ1v) is 3.78. The second-order valence-corrected chi connectivity index (χ2v) is 3.73. The lowest BCUT2D eigenvalue weighted by atomic mass is 9.88. The van der Waals surface area contributed by atoms with Gasteiger partial charge in [0, 0.05) is 12.6 Å². The molecule has 1 N–H and O–H groups in total. The number of alkyl halides is 1. The van der Waals surface area contributed by atoms with Gasteiger partial charge in [-0.1, -0.05) is 20.8 Å². The maximum absolute atomic E-state index is 11.7. The molecule has 10 heavy (non-hydrogen) atoms. The molecule has 0 saturated carbocycles. The van der Waals surface area contributed by atoms with Crippen LogP contribution in [0.5, 0.6) is 0 Å². The van der Waals surface area contributed by atoms with Gasteiger partial charge < -0.3 is 5.32 Å². The van der Waals surface area contributed by atoms with Crippen molar-refractivity contribution in [2.45, 2.75) is 33.7 Å². The van der Waals surface area contributed by atoms with E-state index in [9.17, 15) is 4.39 Å². The molecule has 0 rings (SSSR count). The lowest BCUT2D eigenvalue weighted by Gasteiger charge is -2.27. The van der Waals surface area contributed by atoms with Crippen LogP contribution in [0.3, 0.4) is 0 Å². The smallest absolute Gasteiger partial charge is 0.102 e. The summed E-state index contributed by atoms with van der Waals surface area (Å²) in [6, 6.07) is 0.378. The van der Waals surface area contributed by atoms with Gasteiger partial charge in [0.15, 0.2) is 0 Å². The van der Waals surface area contributed by atoms with Crippen LogP contribution in [-0.4, -0.2) is 19.3 Å². The average Bonchev–Trinajstić information content (AvgIpc) is 1.80. The largest absolute Gasteiger partial charge is 0.311 e. The van der Waals surface area contributed by atoms with Crippen LogP contribution in [0.2, 0.25) is 0 Å². The normalized spacial score (nSPS) is 15.3. The summed E-state index contributed by atoms with van der Waals surface area (Å²) < 4.78 is 11.7. The second-order valence-electron chi connectivity index (χ2n) is 3.73. The number of hydrogen-bond acceptors (Lipinski definition) is 1. The van der Waals surface area contributed by atoms with Crippen molar-refractivity contribution in [3.8, 4) is 0 Å². The molecule has 0 aromatic rings. The minimum atomic E-state index is -0.277. The molecule has 0 aliphatic carbocycles. The van der Waals surface area contributed by atoms with Gasteiger partial charge in [0.05, 0.1) is 0 Å². The predicted molar refractivity (Wildman–Crippen MR) is 42.9 cm³/mol. The minimum Gasteiger partial charge on any atom is -0.311 e. The molecule has 1 unspecified atom stereocenters. The summed E-state index contributed by atoms with van der Waals surface area (Å²) in [5, 5.41) is 3.10. The fourth-order valence-electron chi connectivity index (χ4n) is 0.577. The van der Waals surface area contributed by atoms with Gasteiger partial charge in [-0.2, -0.15) is 0 Å². The number of hydrogen-bond donors (Lipinski definition) is 1. The first-order valence-electron chi connectivity index (χ1n) is 3.78. The van der Waals surface area contributed by atoms with Gasteiger partial charge in [-0.3, -0.25) is 0 Å². The number of halogens is 1. The zero-order chi connectivity index (χ0) is 8.20. The molecule has 0 aliphatic heterocycles. The summed E-state index contributed by atoms with van der Waals surface area (Å²) in [5.41, 5.74) is 0.231. The van der Waals surface area contributed by atoms with Gasteiger partial charge in [0.2, 0.25) is 0 Å². The van der Waals surface area contributed by atoms with E-state index in [1.807, 2.05) is 0 Å². The molecule has 0 aliphatic rings. The van der Waals surface area contributed by atoms with E-state index in [2.05, 4.69) is 33.0 Å². The van der Waals surface area contributed by atoms with Crippen molar-refractivity contribution in [1.82, 2.24) is 5.32 Å². The maximum atomic E-state index is 11.7. The van der Waals surface area contributed by atoms with Crippen LogP contribution in [0.1, 0.15) is 27.7 Å². The van der Waals surface area contributed by atoms with Gasteiger partial charge in [-0.25, -0.2) is 4.39 Å². The average molecular weight is 147 g/mol. The van der Waals surface area contributed by atoms with E-state index >= 15 is 0 Å². The lowest BCUT2D eigenvalue weighted by molar-refractivity contribution is 0.278. The lowest BCUT2D eigenvalue weighted by Crippen LogP contribution is -2.38.